The van der Waals surface area contributed by atoms with Crippen LogP contribution in [-0.2, 0) is 13.2 Å². The van der Waals surface area contributed by atoms with Gasteiger partial charge in [-0.15, -0.1) is 12.4 Å². The van der Waals surface area contributed by atoms with Crippen LogP contribution in [0.3, 0.4) is 0 Å². The summed E-state index contributed by atoms with van der Waals surface area (Å²) in [6.45, 7) is 1.23. The zero-order chi connectivity index (χ0) is 19.8. The lowest BCUT2D eigenvalue weighted by Crippen LogP contribution is -2.29. The predicted molar refractivity (Wildman–Crippen MR) is 127 cm³/mol. The summed E-state index contributed by atoms with van der Waals surface area (Å²) in [5, 5.41) is 4.44. The van der Waals surface area contributed by atoms with Gasteiger partial charge in [-0.3, -0.25) is 0 Å². The SMILES string of the molecule is COc1cc(CNC2CCCCCCC2)cc(Br)c1OCc1ccccc1Cl.Cl. The molecule has 0 aliphatic heterocycles. The van der Waals surface area contributed by atoms with E-state index < -0.39 is 0 Å². The minimum absolute atomic E-state index is 0. The second-order valence-electron chi connectivity index (χ2n) is 7.41. The van der Waals surface area contributed by atoms with E-state index in [-0.39, 0.29) is 12.4 Å². The molecule has 1 saturated carbocycles. The minimum Gasteiger partial charge on any atom is -0.493 e. The highest BCUT2D eigenvalue weighted by Gasteiger charge is 2.15. The first-order valence-electron chi connectivity index (χ1n) is 10.1. The summed E-state index contributed by atoms with van der Waals surface area (Å²) < 4.78 is 12.5. The third kappa shape index (κ3) is 7.36. The maximum Gasteiger partial charge on any atom is 0.175 e. The van der Waals surface area contributed by atoms with E-state index in [1.54, 1.807) is 7.11 Å². The molecular weight excluding hydrogens is 473 g/mol. The van der Waals surface area contributed by atoms with Crippen molar-refractivity contribution in [2.24, 2.45) is 0 Å². The smallest absolute Gasteiger partial charge is 0.175 e. The van der Waals surface area contributed by atoms with Crippen LogP contribution in [0.4, 0.5) is 0 Å². The lowest BCUT2D eigenvalue weighted by atomic mass is 9.96. The van der Waals surface area contributed by atoms with Gasteiger partial charge in [0, 0.05) is 23.2 Å². The van der Waals surface area contributed by atoms with E-state index in [1.807, 2.05) is 24.3 Å². The van der Waals surface area contributed by atoms with E-state index >= 15 is 0 Å². The molecule has 1 fully saturated rings. The van der Waals surface area contributed by atoms with Crippen LogP contribution in [0.2, 0.25) is 5.02 Å². The van der Waals surface area contributed by atoms with Crippen LogP contribution in [0.15, 0.2) is 40.9 Å². The van der Waals surface area contributed by atoms with E-state index in [2.05, 4.69) is 33.4 Å². The largest absolute Gasteiger partial charge is 0.493 e. The normalized spacial score (nSPS) is 15.1. The van der Waals surface area contributed by atoms with Crippen molar-refractivity contribution in [2.45, 2.75) is 64.1 Å². The summed E-state index contributed by atoms with van der Waals surface area (Å²) in [6, 6.07) is 12.5. The number of methoxy groups -OCH3 is 1. The maximum absolute atomic E-state index is 6.23. The summed E-state index contributed by atoms with van der Waals surface area (Å²) in [5.41, 5.74) is 2.14. The zero-order valence-corrected chi connectivity index (χ0v) is 20.0. The van der Waals surface area contributed by atoms with Crippen molar-refractivity contribution >= 4 is 39.9 Å². The molecule has 0 heterocycles. The molecule has 1 N–H and O–H groups in total. The highest BCUT2D eigenvalue weighted by atomic mass is 79.9. The Morgan fingerprint density at radius 1 is 1.07 bits per heavy atom. The van der Waals surface area contributed by atoms with Crippen molar-refractivity contribution < 1.29 is 9.47 Å². The van der Waals surface area contributed by atoms with Gasteiger partial charge in [0.1, 0.15) is 6.61 Å². The van der Waals surface area contributed by atoms with E-state index in [9.17, 15) is 0 Å². The zero-order valence-electron chi connectivity index (χ0n) is 16.9. The van der Waals surface area contributed by atoms with Crippen LogP contribution in [-0.4, -0.2) is 13.2 Å². The van der Waals surface area contributed by atoms with Gasteiger partial charge < -0.3 is 14.8 Å². The van der Waals surface area contributed by atoms with Crippen LogP contribution in [0.25, 0.3) is 0 Å². The van der Waals surface area contributed by atoms with E-state index in [0.29, 0.717) is 23.4 Å². The molecule has 0 saturated heterocycles. The van der Waals surface area contributed by atoms with E-state index in [1.165, 1.54) is 50.5 Å². The second-order valence-corrected chi connectivity index (χ2v) is 8.67. The number of hydrogen-bond donors (Lipinski definition) is 1. The van der Waals surface area contributed by atoms with Gasteiger partial charge in [0.2, 0.25) is 0 Å². The van der Waals surface area contributed by atoms with Gasteiger partial charge in [-0.05, 0) is 52.5 Å². The average Bonchev–Trinajstić information content (AvgIpc) is 2.67. The Hall–Kier alpha value is -0.940. The summed E-state index contributed by atoms with van der Waals surface area (Å²) in [6.07, 6.45) is 9.35. The molecule has 6 heteroatoms. The molecular formula is C23H30BrCl2NO2. The standard InChI is InChI=1S/C23H29BrClNO2.ClH/c1-27-22-14-17(15-26-19-10-5-3-2-4-6-11-19)13-20(24)23(22)28-16-18-9-7-8-12-21(18)25;/h7-9,12-14,19,26H,2-6,10-11,15-16H2,1H3;1H. The molecule has 0 unspecified atom stereocenters. The third-order valence-electron chi connectivity index (χ3n) is 5.32. The third-order valence-corrected chi connectivity index (χ3v) is 6.28. The van der Waals surface area contributed by atoms with Crippen LogP contribution >= 0.6 is 39.9 Å². The highest BCUT2D eigenvalue weighted by Crippen LogP contribution is 2.37. The highest BCUT2D eigenvalue weighted by molar-refractivity contribution is 9.10. The van der Waals surface area contributed by atoms with Gasteiger partial charge in [0.25, 0.3) is 0 Å². The van der Waals surface area contributed by atoms with Crippen molar-refractivity contribution in [3.05, 3.63) is 57.0 Å². The molecule has 1 aliphatic carbocycles. The van der Waals surface area contributed by atoms with Gasteiger partial charge in [-0.25, -0.2) is 0 Å². The number of nitrogens with one attached hydrogen (secondary N) is 1. The van der Waals surface area contributed by atoms with Crippen molar-refractivity contribution in [3.8, 4) is 11.5 Å². The molecule has 29 heavy (non-hydrogen) atoms. The molecule has 0 bridgehead atoms. The molecule has 3 rings (SSSR count). The lowest BCUT2D eigenvalue weighted by molar-refractivity contribution is 0.282. The number of rotatable bonds is 7. The Labute approximate surface area is 194 Å². The van der Waals surface area contributed by atoms with Gasteiger partial charge in [-0.1, -0.05) is 61.9 Å². The molecule has 0 spiro atoms. The maximum atomic E-state index is 6.23. The van der Waals surface area contributed by atoms with Gasteiger partial charge in [0.15, 0.2) is 11.5 Å². The minimum atomic E-state index is 0. The number of hydrogen-bond acceptors (Lipinski definition) is 3. The average molecular weight is 503 g/mol. The van der Waals surface area contributed by atoms with Crippen molar-refractivity contribution in [1.29, 1.82) is 0 Å². The quantitative estimate of drug-likeness (QED) is 0.430. The summed E-state index contributed by atoms with van der Waals surface area (Å²) >= 11 is 9.89. The fourth-order valence-corrected chi connectivity index (χ4v) is 4.50. The van der Waals surface area contributed by atoms with Crippen molar-refractivity contribution in [1.82, 2.24) is 5.32 Å². The molecule has 0 radical (unpaired) electrons. The fourth-order valence-electron chi connectivity index (χ4n) is 3.70. The molecule has 0 atom stereocenters. The predicted octanol–water partition coefficient (Wildman–Crippen LogP) is 7.31. The Bertz CT molecular complexity index is 765. The summed E-state index contributed by atoms with van der Waals surface area (Å²) in [7, 11) is 1.68. The molecule has 2 aromatic carbocycles. The van der Waals surface area contributed by atoms with Crippen molar-refractivity contribution in [3.63, 3.8) is 0 Å². The Balaban J connectivity index is 0.00000300. The molecule has 2 aromatic rings. The van der Waals surface area contributed by atoms with Crippen LogP contribution in [0, 0.1) is 0 Å². The fraction of sp³-hybridized carbons (Fsp3) is 0.478. The van der Waals surface area contributed by atoms with Gasteiger partial charge >= 0.3 is 0 Å². The Kier molecular flexibility index (Phi) is 10.6. The number of benzene rings is 2. The van der Waals surface area contributed by atoms with E-state index in [4.69, 9.17) is 21.1 Å². The first-order valence-corrected chi connectivity index (χ1v) is 11.3. The summed E-state index contributed by atoms with van der Waals surface area (Å²) in [5.74, 6) is 1.44. The molecule has 0 aromatic heterocycles. The molecule has 0 amide bonds. The first kappa shape index (κ1) is 24.3. The number of halogens is 3. The lowest BCUT2D eigenvalue weighted by Gasteiger charge is -2.21. The topological polar surface area (TPSA) is 30.5 Å². The molecule has 160 valence electrons. The van der Waals surface area contributed by atoms with E-state index in [0.717, 1.165) is 22.3 Å². The molecule has 3 nitrogen and oxygen atoms in total. The van der Waals surface area contributed by atoms with Gasteiger partial charge in [0.05, 0.1) is 11.6 Å². The van der Waals surface area contributed by atoms with Crippen LogP contribution in [0.5, 0.6) is 11.5 Å². The Morgan fingerprint density at radius 3 is 2.45 bits per heavy atom. The first-order chi connectivity index (χ1) is 13.7. The number of ether oxygens (including phenoxy) is 2. The Morgan fingerprint density at radius 2 is 1.76 bits per heavy atom. The van der Waals surface area contributed by atoms with Crippen LogP contribution < -0.4 is 14.8 Å². The van der Waals surface area contributed by atoms with Crippen LogP contribution in [0.1, 0.15) is 56.1 Å². The van der Waals surface area contributed by atoms with Crippen molar-refractivity contribution in [2.75, 3.05) is 7.11 Å². The second kappa shape index (κ2) is 12.7. The molecule has 1 aliphatic rings. The summed E-state index contributed by atoms with van der Waals surface area (Å²) in [4.78, 5) is 0. The van der Waals surface area contributed by atoms with Gasteiger partial charge in [-0.2, -0.15) is 0 Å². The monoisotopic (exact) mass is 501 g/mol.